The van der Waals surface area contributed by atoms with Crippen LogP contribution in [0, 0.1) is 0 Å². The minimum atomic E-state index is -0.124. The third-order valence-corrected chi connectivity index (χ3v) is 4.18. The van der Waals surface area contributed by atoms with Crippen molar-refractivity contribution in [1.29, 1.82) is 0 Å². The maximum Gasteiger partial charge on any atom is 0.255 e. The predicted molar refractivity (Wildman–Crippen MR) is 76.2 cm³/mol. The van der Waals surface area contributed by atoms with E-state index < -0.39 is 0 Å². The van der Waals surface area contributed by atoms with Gasteiger partial charge in [0.25, 0.3) is 5.91 Å². The summed E-state index contributed by atoms with van der Waals surface area (Å²) in [5, 5.41) is 3.34. The Balaban J connectivity index is 2.30. The molecule has 4 heteroatoms. The summed E-state index contributed by atoms with van der Waals surface area (Å²) in [6.07, 6.45) is 2.01. The van der Waals surface area contributed by atoms with Crippen molar-refractivity contribution >= 4 is 17.7 Å². The number of hydrogen-bond donors (Lipinski definition) is 1. The summed E-state index contributed by atoms with van der Waals surface area (Å²) in [7, 11) is 0. The smallest absolute Gasteiger partial charge is 0.255 e. The lowest BCUT2D eigenvalue weighted by Gasteiger charge is -2.43. The summed E-state index contributed by atoms with van der Waals surface area (Å²) < 4.78 is 0. The molecule has 0 atom stereocenters. The first kappa shape index (κ1) is 13.4. The predicted octanol–water partition coefficient (Wildman–Crippen LogP) is 2.23. The van der Waals surface area contributed by atoms with Gasteiger partial charge in [-0.25, -0.2) is 0 Å². The molecule has 2 rings (SSSR count). The molecule has 3 nitrogen and oxygen atoms in total. The third kappa shape index (κ3) is 2.54. The molecule has 0 aliphatic carbocycles. The largest absolute Gasteiger partial charge is 0.331 e. The van der Waals surface area contributed by atoms with Crippen LogP contribution in [0.5, 0.6) is 0 Å². The van der Waals surface area contributed by atoms with Gasteiger partial charge in [-0.3, -0.25) is 4.79 Å². The van der Waals surface area contributed by atoms with Crippen LogP contribution in [0.25, 0.3) is 0 Å². The Labute approximate surface area is 113 Å². The van der Waals surface area contributed by atoms with Gasteiger partial charge in [0.2, 0.25) is 0 Å². The van der Waals surface area contributed by atoms with Crippen LogP contribution in [-0.2, 0) is 0 Å². The van der Waals surface area contributed by atoms with Gasteiger partial charge in [-0.15, -0.1) is 11.8 Å². The molecule has 0 saturated carbocycles. The van der Waals surface area contributed by atoms with E-state index in [2.05, 4.69) is 19.2 Å². The monoisotopic (exact) mass is 264 g/mol. The van der Waals surface area contributed by atoms with Gasteiger partial charge in [-0.1, -0.05) is 12.1 Å². The van der Waals surface area contributed by atoms with Gasteiger partial charge in [0.05, 0.1) is 11.1 Å². The Bertz CT molecular complexity index is 445. The SMILES string of the molecule is CSc1ccccc1C(=O)N1CCNCC1(C)C. The van der Waals surface area contributed by atoms with Gasteiger partial charge in [0.1, 0.15) is 0 Å². The molecule has 98 valence electrons. The molecule has 1 aliphatic heterocycles. The van der Waals surface area contributed by atoms with Gasteiger partial charge in [0.15, 0.2) is 0 Å². The highest BCUT2D eigenvalue weighted by Gasteiger charge is 2.34. The zero-order valence-corrected chi connectivity index (χ0v) is 12.0. The summed E-state index contributed by atoms with van der Waals surface area (Å²) in [4.78, 5) is 15.7. The van der Waals surface area contributed by atoms with E-state index in [1.165, 1.54) is 0 Å². The van der Waals surface area contributed by atoms with E-state index >= 15 is 0 Å². The molecule has 0 unspecified atom stereocenters. The molecule has 1 saturated heterocycles. The van der Waals surface area contributed by atoms with Crippen molar-refractivity contribution in [2.45, 2.75) is 24.3 Å². The average Bonchev–Trinajstić information content (AvgIpc) is 2.37. The fourth-order valence-corrected chi connectivity index (χ4v) is 2.92. The van der Waals surface area contributed by atoms with E-state index in [-0.39, 0.29) is 11.4 Å². The first-order chi connectivity index (χ1) is 8.56. The highest BCUT2D eigenvalue weighted by atomic mass is 32.2. The third-order valence-electron chi connectivity index (χ3n) is 3.38. The molecule has 0 radical (unpaired) electrons. The van der Waals surface area contributed by atoms with Gasteiger partial charge in [0, 0.05) is 24.5 Å². The Morgan fingerprint density at radius 3 is 2.78 bits per heavy atom. The maximum absolute atomic E-state index is 12.7. The normalized spacial score (nSPS) is 18.7. The first-order valence-corrected chi connectivity index (χ1v) is 7.44. The van der Waals surface area contributed by atoms with E-state index in [1.807, 2.05) is 35.4 Å². The van der Waals surface area contributed by atoms with Crippen molar-refractivity contribution in [3.8, 4) is 0 Å². The van der Waals surface area contributed by atoms with Crippen molar-refractivity contribution < 1.29 is 4.79 Å². The molecule has 0 bridgehead atoms. The van der Waals surface area contributed by atoms with Crippen LogP contribution in [0.2, 0.25) is 0 Å². The second kappa shape index (κ2) is 5.33. The van der Waals surface area contributed by atoms with Crippen molar-refractivity contribution in [3.63, 3.8) is 0 Å². The van der Waals surface area contributed by atoms with Crippen LogP contribution in [0.4, 0.5) is 0 Å². The molecule has 1 N–H and O–H groups in total. The molecule has 1 aromatic rings. The summed E-state index contributed by atoms with van der Waals surface area (Å²) in [6.45, 7) is 6.71. The molecule has 1 heterocycles. The summed E-state index contributed by atoms with van der Waals surface area (Å²) in [5.74, 6) is 0.145. The van der Waals surface area contributed by atoms with E-state index in [0.717, 1.165) is 30.1 Å². The molecular formula is C14H20N2OS. The highest BCUT2D eigenvalue weighted by Crippen LogP contribution is 2.25. The van der Waals surface area contributed by atoms with E-state index in [0.29, 0.717) is 0 Å². The van der Waals surface area contributed by atoms with Gasteiger partial charge in [-0.05, 0) is 32.2 Å². The maximum atomic E-state index is 12.7. The average molecular weight is 264 g/mol. The van der Waals surface area contributed by atoms with Crippen LogP contribution < -0.4 is 5.32 Å². The van der Waals surface area contributed by atoms with Gasteiger partial charge >= 0.3 is 0 Å². The highest BCUT2D eigenvalue weighted by molar-refractivity contribution is 7.98. The minimum absolute atomic E-state index is 0.124. The number of nitrogens with zero attached hydrogens (tertiary/aromatic N) is 1. The number of rotatable bonds is 2. The molecule has 0 aromatic heterocycles. The van der Waals surface area contributed by atoms with E-state index in [1.54, 1.807) is 11.8 Å². The standard InChI is InChI=1S/C14H20N2OS/c1-14(2)10-15-8-9-16(14)13(17)11-6-4-5-7-12(11)18-3/h4-7,15H,8-10H2,1-3H3. The minimum Gasteiger partial charge on any atom is -0.331 e. The fourth-order valence-electron chi connectivity index (χ4n) is 2.33. The fraction of sp³-hybridized carbons (Fsp3) is 0.500. The number of piperazine rings is 1. The van der Waals surface area contributed by atoms with Crippen LogP contribution in [0.1, 0.15) is 24.2 Å². The number of nitrogens with one attached hydrogen (secondary N) is 1. The van der Waals surface area contributed by atoms with Crippen molar-refractivity contribution in [2.75, 3.05) is 25.9 Å². The van der Waals surface area contributed by atoms with Crippen LogP contribution >= 0.6 is 11.8 Å². The topological polar surface area (TPSA) is 32.3 Å². The first-order valence-electron chi connectivity index (χ1n) is 6.22. The number of carbonyl (C=O) groups excluding carboxylic acids is 1. The van der Waals surface area contributed by atoms with Gasteiger partial charge in [-0.2, -0.15) is 0 Å². The lowest BCUT2D eigenvalue weighted by molar-refractivity contribution is 0.0474. The van der Waals surface area contributed by atoms with Crippen LogP contribution in [-0.4, -0.2) is 42.2 Å². The zero-order valence-electron chi connectivity index (χ0n) is 11.2. The Morgan fingerprint density at radius 2 is 2.11 bits per heavy atom. The Morgan fingerprint density at radius 1 is 1.39 bits per heavy atom. The number of thioether (sulfide) groups is 1. The zero-order chi connectivity index (χ0) is 13.2. The molecule has 18 heavy (non-hydrogen) atoms. The van der Waals surface area contributed by atoms with Crippen molar-refractivity contribution in [2.24, 2.45) is 0 Å². The second-order valence-corrected chi connectivity index (χ2v) is 5.99. The van der Waals surface area contributed by atoms with Gasteiger partial charge < -0.3 is 10.2 Å². The number of hydrogen-bond acceptors (Lipinski definition) is 3. The van der Waals surface area contributed by atoms with Crippen LogP contribution in [0.3, 0.4) is 0 Å². The molecular weight excluding hydrogens is 244 g/mol. The van der Waals surface area contributed by atoms with Crippen LogP contribution in [0.15, 0.2) is 29.2 Å². The Kier molecular flexibility index (Phi) is 3.97. The Hall–Kier alpha value is -1.00. The number of amides is 1. The molecule has 0 spiro atoms. The van der Waals surface area contributed by atoms with Crippen molar-refractivity contribution in [3.05, 3.63) is 29.8 Å². The summed E-state index contributed by atoms with van der Waals surface area (Å²) >= 11 is 1.62. The van der Waals surface area contributed by atoms with E-state index in [9.17, 15) is 4.79 Å². The lowest BCUT2D eigenvalue weighted by Crippen LogP contribution is -2.59. The van der Waals surface area contributed by atoms with Crippen molar-refractivity contribution in [1.82, 2.24) is 10.2 Å². The molecule has 1 fully saturated rings. The molecule has 1 aliphatic rings. The summed E-state index contributed by atoms with van der Waals surface area (Å²) in [6, 6.07) is 7.84. The number of benzene rings is 1. The summed E-state index contributed by atoms with van der Waals surface area (Å²) in [5.41, 5.74) is 0.695. The quantitative estimate of drug-likeness (QED) is 0.831. The molecule has 1 amide bonds. The number of carbonyl (C=O) groups is 1. The lowest BCUT2D eigenvalue weighted by atomic mass is 9.98. The molecule has 1 aromatic carbocycles. The van der Waals surface area contributed by atoms with E-state index in [4.69, 9.17) is 0 Å². The second-order valence-electron chi connectivity index (χ2n) is 5.15.